The molecule has 72 valence electrons. The van der Waals surface area contributed by atoms with Crippen molar-refractivity contribution in [2.75, 3.05) is 5.73 Å². The molecule has 8 heteroatoms. The number of carboxylic acid groups (broad SMARTS) is 1. The van der Waals surface area contributed by atoms with E-state index in [2.05, 4.69) is 15.0 Å². The summed E-state index contributed by atoms with van der Waals surface area (Å²) in [6.07, 6.45) is -0.278. The van der Waals surface area contributed by atoms with Crippen LogP contribution < -0.4 is 11.3 Å². The first-order valence-electron chi connectivity index (χ1n) is 3.55. The van der Waals surface area contributed by atoms with Gasteiger partial charge in [-0.1, -0.05) is 0 Å². The molecule has 2 rings (SSSR count). The zero-order valence-electron chi connectivity index (χ0n) is 6.76. The van der Waals surface area contributed by atoms with E-state index in [4.69, 9.17) is 10.8 Å². The number of aromatic nitrogens is 4. The highest BCUT2D eigenvalue weighted by molar-refractivity contribution is 5.82. The molecule has 8 nitrogen and oxygen atoms in total. The average molecular weight is 195 g/mol. The maximum atomic E-state index is 11.2. The lowest BCUT2D eigenvalue weighted by Gasteiger charge is -1.95. The standard InChI is InChI=1S/C6H5N5O3/c7-5-9-3-2(4(12)10-5)8-1-11(3)6(13)14/h1H,(H,13,14)(H3,7,9,10,12). The molecule has 0 aromatic carbocycles. The number of nitrogens with one attached hydrogen (secondary N) is 1. The van der Waals surface area contributed by atoms with Gasteiger partial charge in [-0.15, -0.1) is 0 Å². The molecule has 0 radical (unpaired) electrons. The summed E-state index contributed by atoms with van der Waals surface area (Å²) in [5.41, 5.74) is 4.57. The Hall–Kier alpha value is -2.38. The number of nitrogens with zero attached hydrogens (tertiary/aromatic N) is 3. The Morgan fingerprint density at radius 3 is 3.00 bits per heavy atom. The number of anilines is 1. The van der Waals surface area contributed by atoms with Gasteiger partial charge in [0, 0.05) is 0 Å². The molecule has 4 N–H and O–H groups in total. The predicted octanol–water partition coefficient (Wildman–Crippen LogP) is -0.772. The Labute approximate surface area is 76.0 Å². The first-order valence-corrected chi connectivity index (χ1v) is 3.55. The third-order valence-electron chi connectivity index (χ3n) is 1.63. The molecule has 2 heterocycles. The molecule has 0 saturated heterocycles. The molecule has 0 aliphatic rings. The van der Waals surface area contributed by atoms with Crippen molar-refractivity contribution in [3.63, 3.8) is 0 Å². The minimum atomic E-state index is -1.27. The van der Waals surface area contributed by atoms with Crippen molar-refractivity contribution in [1.29, 1.82) is 0 Å². The van der Waals surface area contributed by atoms with Gasteiger partial charge >= 0.3 is 6.09 Å². The summed E-state index contributed by atoms with van der Waals surface area (Å²) in [4.78, 5) is 31.3. The van der Waals surface area contributed by atoms with Crippen LogP contribution in [-0.4, -0.2) is 30.7 Å². The minimum Gasteiger partial charge on any atom is -0.464 e. The van der Waals surface area contributed by atoms with Crippen LogP contribution in [-0.2, 0) is 0 Å². The fourth-order valence-electron chi connectivity index (χ4n) is 1.07. The Kier molecular flexibility index (Phi) is 1.50. The highest BCUT2D eigenvalue weighted by Crippen LogP contribution is 2.05. The molecule has 0 amide bonds. The molecule has 0 aliphatic carbocycles. The predicted molar refractivity (Wildman–Crippen MR) is 46.0 cm³/mol. The second-order valence-corrected chi connectivity index (χ2v) is 2.52. The van der Waals surface area contributed by atoms with Crippen LogP contribution in [0, 0.1) is 0 Å². The molecule has 0 atom stereocenters. The number of nitrogen functional groups attached to an aromatic ring is 1. The highest BCUT2D eigenvalue weighted by atomic mass is 16.4. The van der Waals surface area contributed by atoms with Crippen molar-refractivity contribution in [2.45, 2.75) is 0 Å². The summed E-state index contributed by atoms with van der Waals surface area (Å²) in [5, 5.41) is 8.68. The van der Waals surface area contributed by atoms with Crippen LogP contribution in [0.25, 0.3) is 11.2 Å². The van der Waals surface area contributed by atoms with Gasteiger partial charge in [0.2, 0.25) is 5.95 Å². The Balaban J connectivity index is 2.92. The summed E-state index contributed by atoms with van der Waals surface area (Å²) in [7, 11) is 0. The minimum absolute atomic E-state index is 0.0541. The quantitative estimate of drug-likeness (QED) is 0.506. The Morgan fingerprint density at radius 2 is 2.36 bits per heavy atom. The lowest BCUT2D eigenvalue weighted by molar-refractivity contribution is 0.197. The smallest absolute Gasteiger partial charge is 0.418 e. The molecule has 0 spiro atoms. The number of hydrogen-bond acceptors (Lipinski definition) is 5. The number of carbonyl (C=O) groups is 1. The zero-order valence-corrected chi connectivity index (χ0v) is 6.76. The Bertz CT molecular complexity index is 568. The van der Waals surface area contributed by atoms with Gasteiger partial charge in [-0.3, -0.25) is 9.78 Å². The van der Waals surface area contributed by atoms with E-state index in [-0.39, 0.29) is 17.1 Å². The van der Waals surface area contributed by atoms with Crippen molar-refractivity contribution in [1.82, 2.24) is 19.5 Å². The molecule has 2 aromatic heterocycles. The lowest BCUT2D eigenvalue weighted by atomic mass is 10.5. The van der Waals surface area contributed by atoms with Crippen LogP contribution in [0.4, 0.5) is 10.7 Å². The van der Waals surface area contributed by atoms with Gasteiger partial charge in [-0.25, -0.2) is 14.3 Å². The molecular weight excluding hydrogens is 190 g/mol. The summed E-state index contributed by atoms with van der Waals surface area (Å²) < 4.78 is 0.723. The largest absolute Gasteiger partial charge is 0.464 e. The number of fused-ring (bicyclic) bond motifs is 1. The van der Waals surface area contributed by atoms with E-state index < -0.39 is 11.7 Å². The number of H-pyrrole nitrogens is 1. The van der Waals surface area contributed by atoms with E-state index >= 15 is 0 Å². The maximum absolute atomic E-state index is 11.2. The summed E-state index contributed by atoms with van der Waals surface area (Å²) >= 11 is 0. The molecule has 0 bridgehead atoms. The van der Waals surface area contributed by atoms with Crippen LogP contribution in [0.5, 0.6) is 0 Å². The van der Waals surface area contributed by atoms with Gasteiger partial charge in [-0.2, -0.15) is 4.98 Å². The third-order valence-corrected chi connectivity index (χ3v) is 1.63. The van der Waals surface area contributed by atoms with E-state index in [0.29, 0.717) is 0 Å². The first-order chi connectivity index (χ1) is 6.59. The zero-order chi connectivity index (χ0) is 10.3. The van der Waals surface area contributed by atoms with Gasteiger partial charge in [0.05, 0.1) is 0 Å². The highest BCUT2D eigenvalue weighted by Gasteiger charge is 2.12. The molecule has 0 fully saturated rings. The van der Waals surface area contributed by atoms with Crippen LogP contribution in [0.15, 0.2) is 11.1 Å². The number of rotatable bonds is 0. The molecule has 14 heavy (non-hydrogen) atoms. The fourth-order valence-corrected chi connectivity index (χ4v) is 1.07. The van der Waals surface area contributed by atoms with Gasteiger partial charge in [0.15, 0.2) is 11.2 Å². The van der Waals surface area contributed by atoms with Crippen LogP contribution in [0.1, 0.15) is 0 Å². The summed E-state index contributed by atoms with van der Waals surface area (Å²) in [6.45, 7) is 0. The van der Waals surface area contributed by atoms with E-state index in [1.807, 2.05) is 0 Å². The normalized spacial score (nSPS) is 10.6. The van der Waals surface area contributed by atoms with Crippen molar-refractivity contribution >= 4 is 23.2 Å². The van der Waals surface area contributed by atoms with Gasteiger partial charge in [-0.05, 0) is 0 Å². The Morgan fingerprint density at radius 1 is 1.64 bits per heavy atom. The lowest BCUT2D eigenvalue weighted by Crippen LogP contribution is -2.14. The number of aromatic amines is 1. The number of hydrogen-bond donors (Lipinski definition) is 3. The molecule has 2 aromatic rings. The summed E-state index contributed by atoms with van der Waals surface area (Å²) in [6, 6.07) is 0. The molecule has 0 aliphatic heterocycles. The average Bonchev–Trinajstić information content (AvgIpc) is 2.47. The fraction of sp³-hybridized carbons (Fsp3) is 0. The van der Waals surface area contributed by atoms with Crippen molar-refractivity contribution in [2.24, 2.45) is 0 Å². The van der Waals surface area contributed by atoms with Gasteiger partial charge in [0.25, 0.3) is 5.56 Å². The van der Waals surface area contributed by atoms with Crippen LogP contribution in [0.3, 0.4) is 0 Å². The van der Waals surface area contributed by atoms with Crippen molar-refractivity contribution < 1.29 is 9.90 Å². The van der Waals surface area contributed by atoms with Gasteiger partial charge < -0.3 is 10.8 Å². The van der Waals surface area contributed by atoms with Crippen LogP contribution >= 0.6 is 0 Å². The molecule has 0 saturated carbocycles. The second-order valence-electron chi connectivity index (χ2n) is 2.52. The van der Waals surface area contributed by atoms with Crippen molar-refractivity contribution in [3.8, 4) is 0 Å². The summed E-state index contributed by atoms with van der Waals surface area (Å²) in [5.74, 6) is -0.148. The molecule has 0 unspecified atom stereocenters. The van der Waals surface area contributed by atoms with Gasteiger partial charge in [0.1, 0.15) is 6.33 Å². The maximum Gasteiger partial charge on any atom is 0.418 e. The first kappa shape index (κ1) is 8.23. The topological polar surface area (TPSA) is 127 Å². The SMILES string of the molecule is Nc1nc2c(ncn2C(=O)O)c(=O)[nH]1. The monoisotopic (exact) mass is 195 g/mol. The van der Waals surface area contributed by atoms with Crippen molar-refractivity contribution in [3.05, 3.63) is 16.7 Å². The number of nitrogens with two attached hydrogens (primary N) is 1. The van der Waals surface area contributed by atoms with E-state index in [1.54, 1.807) is 0 Å². The molecular formula is C6H5N5O3. The van der Waals surface area contributed by atoms with E-state index in [1.165, 1.54) is 0 Å². The number of imidazole rings is 1. The third kappa shape index (κ3) is 1.01. The second kappa shape index (κ2) is 2.55. The van der Waals surface area contributed by atoms with E-state index in [9.17, 15) is 9.59 Å². The van der Waals surface area contributed by atoms with E-state index in [0.717, 1.165) is 10.9 Å². The van der Waals surface area contributed by atoms with Crippen LogP contribution in [0.2, 0.25) is 0 Å².